The molecule has 0 amide bonds. The maximum absolute atomic E-state index is 10.5. The van der Waals surface area contributed by atoms with Gasteiger partial charge < -0.3 is 10.2 Å². The molecule has 0 aliphatic rings. The van der Waals surface area contributed by atoms with Crippen LogP contribution in [0.1, 0.15) is 22.9 Å². The zero-order chi connectivity index (χ0) is 15.5. The summed E-state index contributed by atoms with van der Waals surface area (Å²) in [6.45, 7) is -0.171. The van der Waals surface area contributed by atoms with Gasteiger partial charge in [0.1, 0.15) is 11.8 Å². The zero-order valence-corrected chi connectivity index (χ0v) is 13.3. The first kappa shape index (κ1) is 15.0. The Hall–Kier alpha value is -1.95. The summed E-state index contributed by atoms with van der Waals surface area (Å²) in [5.74, 6) is 0. The molecule has 0 saturated carbocycles. The second kappa shape index (κ2) is 6.44. The van der Waals surface area contributed by atoms with Crippen LogP contribution in [0.4, 0.5) is 0 Å². The van der Waals surface area contributed by atoms with Gasteiger partial charge in [-0.3, -0.25) is 0 Å². The molecule has 1 atom stereocenters. The normalized spacial score (nSPS) is 12.3. The van der Waals surface area contributed by atoms with Crippen LogP contribution in [0, 0.1) is 0 Å². The van der Waals surface area contributed by atoms with E-state index in [1.807, 2.05) is 54.6 Å². The van der Waals surface area contributed by atoms with E-state index in [-0.39, 0.29) is 6.61 Å². The van der Waals surface area contributed by atoms with Crippen molar-refractivity contribution in [1.82, 2.24) is 9.78 Å². The lowest BCUT2D eigenvalue weighted by molar-refractivity contribution is 0.208. The van der Waals surface area contributed by atoms with Crippen LogP contribution in [0.2, 0.25) is 0 Å². The van der Waals surface area contributed by atoms with E-state index >= 15 is 0 Å². The molecule has 0 saturated heterocycles. The fraction of sp³-hybridized carbons (Fsp3) is 0.118. The predicted molar refractivity (Wildman–Crippen MR) is 87.7 cm³/mol. The molecular weight excluding hydrogens is 344 g/mol. The van der Waals surface area contributed by atoms with E-state index in [0.29, 0.717) is 11.3 Å². The molecule has 0 aliphatic heterocycles. The summed E-state index contributed by atoms with van der Waals surface area (Å²) in [7, 11) is 0. The smallest absolute Gasteiger partial charge is 0.123 e. The Labute approximate surface area is 136 Å². The molecule has 112 valence electrons. The van der Waals surface area contributed by atoms with E-state index in [9.17, 15) is 10.2 Å². The lowest BCUT2D eigenvalue weighted by Crippen LogP contribution is -2.04. The van der Waals surface area contributed by atoms with E-state index in [2.05, 4.69) is 21.0 Å². The van der Waals surface area contributed by atoms with Gasteiger partial charge in [0.2, 0.25) is 0 Å². The number of halogens is 1. The first-order chi connectivity index (χ1) is 10.7. The van der Waals surface area contributed by atoms with Gasteiger partial charge in [-0.05, 0) is 29.8 Å². The number of rotatable bonds is 4. The number of hydrogen-bond donors (Lipinski definition) is 2. The number of hydrogen-bond acceptors (Lipinski definition) is 3. The maximum atomic E-state index is 10.5. The predicted octanol–water partition coefficient (Wildman–Crippen LogP) is 3.21. The maximum Gasteiger partial charge on any atom is 0.123 e. The van der Waals surface area contributed by atoms with Crippen LogP contribution >= 0.6 is 15.9 Å². The SMILES string of the molecule is OCc1cn(-c2ccc(Br)cc2)nc1[C@H](O)c1ccccc1. The molecule has 2 N–H and O–H groups in total. The molecule has 0 spiro atoms. The molecule has 0 fully saturated rings. The van der Waals surface area contributed by atoms with E-state index in [0.717, 1.165) is 15.7 Å². The standard InChI is InChI=1S/C17H15BrN2O2/c18-14-6-8-15(9-7-14)20-10-13(11-21)16(19-20)17(22)12-4-2-1-3-5-12/h1-10,17,21-22H,11H2/t17-/m1/s1. The average molecular weight is 359 g/mol. The third-order valence-corrected chi connectivity index (χ3v) is 3.99. The highest BCUT2D eigenvalue weighted by Crippen LogP contribution is 2.25. The minimum absolute atomic E-state index is 0.171. The van der Waals surface area contributed by atoms with Gasteiger partial charge in [-0.2, -0.15) is 5.10 Å². The minimum atomic E-state index is -0.861. The van der Waals surface area contributed by atoms with E-state index in [1.165, 1.54) is 0 Å². The van der Waals surface area contributed by atoms with Crippen molar-refractivity contribution in [2.45, 2.75) is 12.7 Å². The minimum Gasteiger partial charge on any atom is -0.392 e. The Morgan fingerprint density at radius 3 is 2.36 bits per heavy atom. The van der Waals surface area contributed by atoms with Crippen molar-refractivity contribution in [2.24, 2.45) is 0 Å². The van der Waals surface area contributed by atoms with Crippen LogP contribution in [0.3, 0.4) is 0 Å². The summed E-state index contributed by atoms with van der Waals surface area (Å²) in [6, 6.07) is 17.0. The van der Waals surface area contributed by atoms with E-state index in [4.69, 9.17) is 0 Å². The van der Waals surface area contributed by atoms with Crippen LogP contribution in [-0.4, -0.2) is 20.0 Å². The number of nitrogens with zero attached hydrogens (tertiary/aromatic N) is 2. The zero-order valence-electron chi connectivity index (χ0n) is 11.7. The summed E-state index contributed by atoms with van der Waals surface area (Å²) in [5, 5.41) is 24.5. The lowest BCUT2D eigenvalue weighted by Gasteiger charge is -2.09. The van der Waals surface area contributed by atoms with Gasteiger partial charge in [-0.1, -0.05) is 46.3 Å². The molecule has 0 aliphatic carbocycles. The molecule has 3 rings (SSSR count). The van der Waals surface area contributed by atoms with Gasteiger partial charge in [0.15, 0.2) is 0 Å². The summed E-state index contributed by atoms with van der Waals surface area (Å²) in [4.78, 5) is 0. The summed E-state index contributed by atoms with van der Waals surface area (Å²) in [5.41, 5.74) is 2.69. The van der Waals surface area contributed by atoms with Gasteiger partial charge in [0, 0.05) is 16.2 Å². The Morgan fingerprint density at radius 1 is 1.05 bits per heavy atom. The molecule has 0 bridgehead atoms. The van der Waals surface area contributed by atoms with Crippen molar-refractivity contribution in [2.75, 3.05) is 0 Å². The van der Waals surface area contributed by atoms with Crippen molar-refractivity contribution in [3.05, 3.63) is 82.1 Å². The monoisotopic (exact) mass is 358 g/mol. The summed E-state index contributed by atoms with van der Waals surface area (Å²) < 4.78 is 2.65. The highest BCUT2D eigenvalue weighted by molar-refractivity contribution is 9.10. The van der Waals surface area contributed by atoms with E-state index in [1.54, 1.807) is 10.9 Å². The molecule has 0 unspecified atom stereocenters. The van der Waals surface area contributed by atoms with Crippen LogP contribution in [0.15, 0.2) is 65.3 Å². The Morgan fingerprint density at radius 2 is 1.73 bits per heavy atom. The fourth-order valence-electron chi connectivity index (χ4n) is 2.29. The van der Waals surface area contributed by atoms with Crippen LogP contribution < -0.4 is 0 Å². The molecule has 5 heteroatoms. The lowest BCUT2D eigenvalue weighted by atomic mass is 10.0. The second-order valence-electron chi connectivity index (χ2n) is 4.93. The highest BCUT2D eigenvalue weighted by Gasteiger charge is 2.19. The molecule has 1 aromatic heterocycles. The van der Waals surface area contributed by atoms with Crippen molar-refractivity contribution >= 4 is 15.9 Å². The Balaban J connectivity index is 2.00. The van der Waals surface area contributed by atoms with Gasteiger partial charge in [-0.25, -0.2) is 4.68 Å². The topological polar surface area (TPSA) is 58.3 Å². The number of aromatic nitrogens is 2. The Bertz CT molecular complexity index is 754. The van der Waals surface area contributed by atoms with Crippen molar-refractivity contribution < 1.29 is 10.2 Å². The molecular formula is C17H15BrN2O2. The molecule has 1 heterocycles. The van der Waals surface area contributed by atoms with Crippen molar-refractivity contribution in [3.8, 4) is 5.69 Å². The largest absolute Gasteiger partial charge is 0.392 e. The molecule has 22 heavy (non-hydrogen) atoms. The van der Waals surface area contributed by atoms with Gasteiger partial charge in [-0.15, -0.1) is 0 Å². The van der Waals surface area contributed by atoms with Crippen LogP contribution in [-0.2, 0) is 6.61 Å². The second-order valence-corrected chi connectivity index (χ2v) is 5.85. The van der Waals surface area contributed by atoms with Crippen molar-refractivity contribution in [3.63, 3.8) is 0 Å². The van der Waals surface area contributed by atoms with Crippen LogP contribution in [0.5, 0.6) is 0 Å². The van der Waals surface area contributed by atoms with Gasteiger partial charge in [0.25, 0.3) is 0 Å². The molecule has 4 nitrogen and oxygen atoms in total. The molecule has 0 radical (unpaired) electrons. The third-order valence-electron chi connectivity index (χ3n) is 3.46. The van der Waals surface area contributed by atoms with Crippen LogP contribution in [0.25, 0.3) is 5.69 Å². The van der Waals surface area contributed by atoms with Crippen molar-refractivity contribution in [1.29, 1.82) is 0 Å². The first-order valence-corrected chi connectivity index (χ1v) is 7.66. The average Bonchev–Trinajstić information content (AvgIpc) is 3.00. The van der Waals surface area contributed by atoms with Gasteiger partial charge >= 0.3 is 0 Å². The summed E-state index contributed by atoms with van der Waals surface area (Å²) in [6.07, 6.45) is 0.880. The number of aliphatic hydroxyl groups is 2. The first-order valence-electron chi connectivity index (χ1n) is 6.87. The third kappa shape index (κ3) is 2.97. The fourth-order valence-corrected chi connectivity index (χ4v) is 2.56. The summed E-state index contributed by atoms with van der Waals surface area (Å²) >= 11 is 3.40. The number of aliphatic hydroxyl groups excluding tert-OH is 2. The molecule has 3 aromatic rings. The highest BCUT2D eigenvalue weighted by atomic mass is 79.9. The quantitative estimate of drug-likeness (QED) is 0.752. The molecule has 2 aromatic carbocycles. The van der Waals surface area contributed by atoms with E-state index < -0.39 is 6.10 Å². The number of benzene rings is 2. The van der Waals surface area contributed by atoms with Gasteiger partial charge in [0.05, 0.1) is 12.3 Å². The Kier molecular flexibility index (Phi) is 4.38.